The summed E-state index contributed by atoms with van der Waals surface area (Å²) in [4.78, 5) is 5.91. The Hall–Kier alpha value is -1.42. The molecule has 0 fully saturated rings. The van der Waals surface area contributed by atoms with Gasteiger partial charge in [0.05, 0.1) is 5.52 Å². The van der Waals surface area contributed by atoms with E-state index in [4.69, 9.17) is 11.6 Å². The van der Waals surface area contributed by atoms with Crippen LogP contribution in [0.3, 0.4) is 0 Å². The molecule has 0 amide bonds. The van der Waals surface area contributed by atoms with Gasteiger partial charge in [-0.1, -0.05) is 43.6 Å². The summed E-state index contributed by atoms with van der Waals surface area (Å²) in [5.41, 5.74) is 3.20. The molecule has 0 radical (unpaired) electrons. The fourth-order valence-electron chi connectivity index (χ4n) is 2.77. The quantitative estimate of drug-likeness (QED) is 0.596. The SMILES string of the molecule is Cc1ccc2cc(CNC(c3cccs3)C(C)C)c(Cl)nc2c1. The first-order valence-corrected chi connectivity index (χ1v) is 9.13. The van der Waals surface area contributed by atoms with Gasteiger partial charge in [0.1, 0.15) is 5.15 Å². The zero-order valence-electron chi connectivity index (χ0n) is 13.6. The van der Waals surface area contributed by atoms with Crippen molar-refractivity contribution in [3.05, 3.63) is 62.9 Å². The number of rotatable bonds is 5. The number of thiophene rings is 1. The second-order valence-electron chi connectivity index (χ2n) is 6.25. The summed E-state index contributed by atoms with van der Waals surface area (Å²) in [6, 6.07) is 13.0. The minimum Gasteiger partial charge on any atom is -0.305 e. The van der Waals surface area contributed by atoms with E-state index in [1.54, 1.807) is 11.3 Å². The average Bonchev–Trinajstić information content (AvgIpc) is 3.01. The summed E-state index contributed by atoms with van der Waals surface area (Å²) in [5, 5.41) is 7.49. The van der Waals surface area contributed by atoms with Crippen molar-refractivity contribution in [2.24, 2.45) is 5.92 Å². The molecule has 0 saturated carbocycles. The Morgan fingerprint density at radius 2 is 2.04 bits per heavy atom. The molecule has 2 nitrogen and oxygen atoms in total. The molecule has 0 aliphatic rings. The van der Waals surface area contributed by atoms with Gasteiger partial charge < -0.3 is 5.32 Å². The highest BCUT2D eigenvalue weighted by Crippen LogP contribution is 2.27. The van der Waals surface area contributed by atoms with Crippen molar-refractivity contribution in [1.82, 2.24) is 10.3 Å². The van der Waals surface area contributed by atoms with Gasteiger partial charge >= 0.3 is 0 Å². The van der Waals surface area contributed by atoms with E-state index >= 15 is 0 Å². The normalized spacial score (nSPS) is 12.9. The zero-order chi connectivity index (χ0) is 16.4. The van der Waals surface area contributed by atoms with Gasteiger partial charge in [-0.3, -0.25) is 0 Å². The third-order valence-corrected chi connectivity index (χ3v) is 5.31. The van der Waals surface area contributed by atoms with Crippen LogP contribution in [0.2, 0.25) is 5.15 Å². The second kappa shape index (κ2) is 7.00. The minimum absolute atomic E-state index is 0.333. The summed E-state index contributed by atoms with van der Waals surface area (Å²) < 4.78 is 0. The Bertz CT molecular complexity index is 796. The molecule has 2 heterocycles. The number of halogens is 1. The van der Waals surface area contributed by atoms with Crippen molar-refractivity contribution in [2.45, 2.75) is 33.4 Å². The molecule has 3 aromatic rings. The number of nitrogens with one attached hydrogen (secondary N) is 1. The summed E-state index contributed by atoms with van der Waals surface area (Å²) in [7, 11) is 0. The van der Waals surface area contributed by atoms with Crippen molar-refractivity contribution in [3.8, 4) is 0 Å². The standard InChI is InChI=1S/C19H21ClN2S/c1-12(2)18(17-5-4-8-23-17)21-11-15-10-14-7-6-13(3)9-16(14)22-19(15)20/h4-10,12,18,21H,11H2,1-3H3. The molecule has 0 aliphatic heterocycles. The molecule has 3 rings (SSSR count). The van der Waals surface area contributed by atoms with Crippen LogP contribution in [0, 0.1) is 12.8 Å². The van der Waals surface area contributed by atoms with Gasteiger partial charge in [-0.05, 0) is 42.0 Å². The zero-order valence-corrected chi connectivity index (χ0v) is 15.2. The van der Waals surface area contributed by atoms with Crippen LogP contribution in [-0.2, 0) is 6.54 Å². The van der Waals surface area contributed by atoms with Crippen molar-refractivity contribution in [3.63, 3.8) is 0 Å². The molecular formula is C19H21ClN2S. The molecule has 1 unspecified atom stereocenters. The van der Waals surface area contributed by atoms with Crippen molar-refractivity contribution in [2.75, 3.05) is 0 Å². The highest BCUT2D eigenvalue weighted by Gasteiger charge is 2.17. The average molecular weight is 345 g/mol. The summed E-state index contributed by atoms with van der Waals surface area (Å²) in [6.07, 6.45) is 0. The molecule has 120 valence electrons. The van der Waals surface area contributed by atoms with Crippen molar-refractivity contribution < 1.29 is 0 Å². The van der Waals surface area contributed by atoms with Gasteiger partial charge in [0.15, 0.2) is 0 Å². The molecule has 2 aromatic heterocycles. The largest absolute Gasteiger partial charge is 0.305 e. The number of hydrogen-bond donors (Lipinski definition) is 1. The molecule has 0 saturated heterocycles. The minimum atomic E-state index is 0.333. The first-order valence-electron chi connectivity index (χ1n) is 7.87. The van der Waals surface area contributed by atoms with Crippen LogP contribution in [0.1, 0.15) is 35.9 Å². The van der Waals surface area contributed by atoms with Crippen molar-refractivity contribution in [1.29, 1.82) is 0 Å². The van der Waals surface area contributed by atoms with Crippen LogP contribution in [0.15, 0.2) is 41.8 Å². The Morgan fingerprint density at radius 3 is 2.74 bits per heavy atom. The maximum atomic E-state index is 6.39. The molecule has 0 aliphatic carbocycles. The summed E-state index contributed by atoms with van der Waals surface area (Å²) in [6.45, 7) is 7.26. The Morgan fingerprint density at radius 1 is 1.22 bits per heavy atom. The maximum absolute atomic E-state index is 6.39. The van der Waals surface area contributed by atoms with E-state index in [9.17, 15) is 0 Å². The topological polar surface area (TPSA) is 24.9 Å². The highest BCUT2D eigenvalue weighted by molar-refractivity contribution is 7.10. The van der Waals surface area contributed by atoms with Gasteiger partial charge in [0.2, 0.25) is 0 Å². The third kappa shape index (κ3) is 3.74. The number of benzene rings is 1. The molecule has 1 atom stereocenters. The van der Waals surface area contributed by atoms with E-state index in [0.717, 1.165) is 23.0 Å². The number of hydrogen-bond acceptors (Lipinski definition) is 3. The van der Waals surface area contributed by atoms with Crippen LogP contribution in [0.5, 0.6) is 0 Å². The number of aromatic nitrogens is 1. The number of fused-ring (bicyclic) bond motifs is 1. The van der Waals surface area contributed by atoms with Crippen molar-refractivity contribution >= 4 is 33.8 Å². The van der Waals surface area contributed by atoms with Crippen LogP contribution >= 0.6 is 22.9 Å². The molecule has 1 aromatic carbocycles. The lowest BCUT2D eigenvalue weighted by Crippen LogP contribution is -2.24. The predicted molar refractivity (Wildman–Crippen MR) is 100 cm³/mol. The number of pyridine rings is 1. The molecular weight excluding hydrogens is 324 g/mol. The maximum Gasteiger partial charge on any atom is 0.134 e. The Kier molecular flexibility index (Phi) is 5.00. The van der Waals surface area contributed by atoms with Gasteiger partial charge in [0.25, 0.3) is 0 Å². The van der Waals surface area contributed by atoms with E-state index in [0.29, 0.717) is 17.1 Å². The van der Waals surface area contributed by atoms with Gasteiger partial charge in [-0.2, -0.15) is 0 Å². The summed E-state index contributed by atoms with van der Waals surface area (Å²) in [5.74, 6) is 0.517. The molecule has 0 spiro atoms. The highest BCUT2D eigenvalue weighted by atomic mass is 35.5. The first kappa shape index (κ1) is 16.4. The van der Waals surface area contributed by atoms with E-state index in [1.807, 2.05) is 0 Å². The number of nitrogens with zero attached hydrogens (tertiary/aromatic N) is 1. The predicted octanol–water partition coefficient (Wildman–Crippen LogP) is 5.75. The Labute approximate surface area is 146 Å². The van der Waals surface area contributed by atoms with Gasteiger partial charge in [-0.25, -0.2) is 4.98 Å². The van der Waals surface area contributed by atoms with E-state index in [2.05, 4.69) is 72.9 Å². The van der Waals surface area contributed by atoms with Crippen LogP contribution in [0.25, 0.3) is 10.9 Å². The second-order valence-corrected chi connectivity index (χ2v) is 7.59. The molecule has 1 N–H and O–H groups in total. The fraction of sp³-hybridized carbons (Fsp3) is 0.316. The lowest BCUT2D eigenvalue weighted by Gasteiger charge is -2.21. The lowest BCUT2D eigenvalue weighted by atomic mass is 10.0. The summed E-state index contributed by atoms with van der Waals surface area (Å²) >= 11 is 8.19. The van der Waals surface area contributed by atoms with Crippen LogP contribution in [0.4, 0.5) is 0 Å². The van der Waals surface area contributed by atoms with E-state index < -0.39 is 0 Å². The lowest BCUT2D eigenvalue weighted by molar-refractivity contribution is 0.416. The Balaban J connectivity index is 1.83. The van der Waals surface area contributed by atoms with Gasteiger partial charge in [-0.15, -0.1) is 11.3 Å². The fourth-order valence-corrected chi connectivity index (χ4v) is 3.96. The van der Waals surface area contributed by atoms with Gasteiger partial charge in [0, 0.05) is 28.4 Å². The smallest absolute Gasteiger partial charge is 0.134 e. The number of aryl methyl sites for hydroxylation is 1. The molecule has 4 heteroatoms. The first-order chi connectivity index (χ1) is 11.0. The third-order valence-electron chi connectivity index (χ3n) is 4.03. The van der Waals surface area contributed by atoms with E-state index in [1.165, 1.54) is 10.4 Å². The molecule has 0 bridgehead atoms. The monoisotopic (exact) mass is 344 g/mol. The molecule has 23 heavy (non-hydrogen) atoms. The van der Waals surface area contributed by atoms with E-state index in [-0.39, 0.29) is 0 Å². The van der Waals surface area contributed by atoms with Crippen LogP contribution in [-0.4, -0.2) is 4.98 Å². The van der Waals surface area contributed by atoms with Crippen LogP contribution < -0.4 is 5.32 Å².